The molecule has 1 saturated heterocycles. The van der Waals surface area contributed by atoms with E-state index in [-0.39, 0.29) is 12.7 Å². The molecule has 2 unspecified atom stereocenters. The first-order valence-electron chi connectivity index (χ1n) is 7.66. The van der Waals surface area contributed by atoms with Gasteiger partial charge in [-0.1, -0.05) is 6.07 Å². The molecule has 6 heteroatoms. The Morgan fingerprint density at radius 1 is 1.36 bits per heavy atom. The van der Waals surface area contributed by atoms with Crippen molar-refractivity contribution in [1.29, 1.82) is 0 Å². The van der Waals surface area contributed by atoms with Gasteiger partial charge in [0.05, 0.1) is 12.0 Å². The van der Waals surface area contributed by atoms with Crippen molar-refractivity contribution in [3.05, 3.63) is 23.8 Å². The number of aliphatic carboxylic acids is 1. The van der Waals surface area contributed by atoms with Crippen molar-refractivity contribution >= 4 is 5.97 Å². The molecule has 120 valence electrons. The van der Waals surface area contributed by atoms with Crippen LogP contribution in [-0.4, -0.2) is 47.5 Å². The molecule has 0 saturated carbocycles. The Hall–Kier alpha value is -1.79. The lowest BCUT2D eigenvalue weighted by Gasteiger charge is -2.31. The van der Waals surface area contributed by atoms with Crippen molar-refractivity contribution in [2.24, 2.45) is 5.92 Å². The number of carboxylic acid groups (broad SMARTS) is 1. The number of aliphatic hydroxyl groups excluding tert-OH is 1. The third kappa shape index (κ3) is 3.34. The summed E-state index contributed by atoms with van der Waals surface area (Å²) in [5, 5.41) is 19.4. The van der Waals surface area contributed by atoms with E-state index in [2.05, 4.69) is 4.90 Å². The maximum absolute atomic E-state index is 11.1. The molecule has 1 fully saturated rings. The highest BCUT2D eigenvalue weighted by Crippen LogP contribution is 2.34. The van der Waals surface area contributed by atoms with Crippen LogP contribution in [0.1, 0.15) is 30.9 Å². The van der Waals surface area contributed by atoms with E-state index in [1.807, 2.05) is 18.2 Å². The number of piperidine rings is 1. The summed E-state index contributed by atoms with van der Waals surface area (Å²) in [4.78, 5) is 13.2. The second-order valence-electron chi connectivity index (χ2n) is 5.90. The SMILES string of the molecule is O=C(O)C1CCCN(CCC(O)c2ccc3c(c2)OCO3)C1. The van der Waals surface area contributed by atoms with Gasteiger partial charge in [-0.2, -0.15) is 0 Å². The third-order valence-corrected chi connectivity index (χ3v) is 4.35. The molecule has 6 nitrogen and oxygen atoms in total. The van der Waals surface area contributed by atoms with Gasteiger partial charge in [0.25, 0.3) is 0 Å². The average Bonchev–Trinajstić information content (AvgIpc) is 3.00. The summed E-state index contributed by atoms with van der Waals surface area (Å²) in [5.41, 5.74) is 0.802. The van der Waals surface area contributed by atoms with Gasteiger partial charge in [-0.15, -0.1) is 0 Å². The summed E-state index contributed by atoms with van der Waals surface area (Å²) in [6, 6.07) is 5.46. The van der Waals surface area contributed by atoms with Gasteiger partial charge in [0, 0.05) is 13.1 Å². The molecule has 0 aromatic heterocycles. The average molecular weight is 307 g/mol. The fourth-order valence-electron chi connectivity index (χ4n) is 3.05. The lowest BCUT2D eigenvalue weighted by molar-refractivity contribution is -0.143. The van der Waals surface area contributed by atoms with Gasteiger partial charge in [-0.3, -0.25) is 4.79 Å². The topological polar surface area (TPSA) is 79.2 Å². The number of benzene rings is 1. The molecule has 0 radical (unpaired) electrons. The van der Waals surface area contributed by atoms with E-state index in [0.717, 1.165) is 24.9 Å². The minimum absolute atomic E-state index is 0.221. The first kappa shape index (κ1) is 15.1. The quantitative estimate of drug-likeness (QED) is 0.861. The molecule has 0 spiro atoms. The maximum Gasteiger partial charge on any atom is 0.307 e. The van der Waals surface area contributed by atoms with Crippen molar-refractivity contribution in [2.45, 2.75) is 25.4 Å². The predicted octanol–water partition coefficient (Wildman–Crippen LogP) is 1.64. The lowest BCUT2D eigenvalue weighted by atomic mass is 9.97. The zero-order valence-corrected chi connectivity index (χ0v) is 12.4. The minimum atomic E-state index is -0.721. The van der Waals surface area contributed by atoms with Gasteiger partial charge in [-0.05, 0) is 43.5 Å². The van der Waals surface area contributed by atoms with Crippen LogP contribution >= 0.6 is 0 Å². The first-order chi connectivity index (χ1) is 10.6. The largest absolute Gasteiger partial charge is 0.481 e. The van der Waals surface area contributed by atoms with E-state index >= 15 is 0 Å². The smallest absolute Gasteiger partial charge is 0.307 e. The zero-order valence-electron chi connectivity index (χ0n) is 12.4. The van der Waals surface area contributed by atoms with Gasteiger partial charge in [0.2, 0.25) is 6.79 Å². The van der Waals surface area contributed by atoms with Crippen LogP contribution in [0.5, 0.6) is 11.5 Å². The number of carboxylic acids is 1. The standard InChI is InChI=1S/C16H21NO5/c18-13(11-3-4-14-15(8-11)22-10-21-14)5-7-17-6-1-2-12(9-17)16(19)20/h3-4,8,12-13,18H,1-2,5-7,9-10H2,(H,19,20). The van der Waals surface area contributed by atoms with E-state index in [1.54, 1.807) is 0 Å². The number of carbonyl (C=O) groups is 1. The van der Waals surface area contributed by atoms with Crippen molar-refractivity contribution < 1.29 is 24.5 Å². The number of aliphatic hydroxyl groups is 1. The van der Waals surface area contributed by atoms with Crippen LogP contribution in [0.4, 0.5) is 0 Å². The maximum atomic E-state index is 11.1. The number of nitrogens with zero attached hydrogens (tertiary/aromatic N) is 1. The Morgan fingerprint density at radius 3 is 3.00 bits per heavy atom. The Bertz CT molecular complexity index is 547. The zero-order chi connectivity index (χ0) is 15.5. The second-order valence-corrected chi connectivity index (χ2v) is 5.90. The van der Waals surface area contributed by atoms with Crippen LogP contribution in [0.3, 0.4) is 0 Å². The number of likely N-dealkylation sites (tertiary alicyclic amines) is 1. The molecular weight excluding hydrogens is 286 g/mol. The number of fused-ring (bicyclic) bond motifs is 1. The highest BCUT2D eigenvalue weighted by atomic mass is 16.7. The molecule has 0 aliphatic carbocycles. The van der Waals surface area contributed by atoms with E-state index in [4.69, 9.17) is 14.6 Å². The summed E-state index contributed by atoms with van der Waals surface area (Å²) in [5.74, 6) is 0.370. The molecular formula is C16H21NO5. The van der Waals surface area contributed by atoms with Crippen molar-refractivity contribution in [2.75, 3.05) is 26.4 Å². The van der Waals surface area contributed by atoms with Gasteiger partial charge >= 0.3 is 5.97 Å². The Balaban J connectivity index is 1.53. The summed E-state index contributed by atoms with van der Waals surface area (Å²) >= 11 is 0. The van der Waals surface area contributed by atoms with Gasteiger partial charge in [0.15, 0.2) is 11.5 Å². The van der Waals surface area contributed by atoms with Crippen LogP contribution in [0.15, 0.2) is 18.2 Å². The normalized spacial score (nSPS) is 22.5. The highest BCUT2D eigenvalue weighted by Gasteiger charge is 2.25. The number of hydrogen-bond donors (Lipinski definition) is 2. The molecule has 2 aliphatic rings. The Kier molecular flexibility index (Phi) is 4.49. The summed E-state index contributed by atoms with van der Waals surface area (Å²) in [6.07, 6.45) is 1.64. The van der Waals surface area contributed by atoms with E-state index in [9.17, 15) is 9.90 Å². The van der Waals surface area contributed by atoms with Gasteiger partial charge in [0.1, 0.15) is 0 Å². The van der Waals surface area contributed by atoms with E-state index in [0.29, 0.717) is 31.0 Å². The number of hydrogen-bond acceptors (Lipinski definition) is 5. The van der Waals surface area contributed by atoms with Crippen molar-refractivity contribution in [1.82, 2.24) is 4.90 Å². The molecule has 2 N–H and O–H groups in total. The number of rotatable bonds is 5. The molecule has 0 bridgehead atoms. The molecule has 1 aromatic carbocycles. The molecule has 2 atom stereocenters. The molecule has 22 heavy (non-hydrogen) atoms. The summed E-state index contributed by atoms with van der Waals surface area (Å²) in [6.45, 7) is 2.39. The predicted molar refractivity (Wildman–Crippen MR) is 78.9 cm³/mol. The van der Waals surface area contributed by atoms with Crippen LogP contribution in [0.2, 0.25) is 0 Å². The monoisotopic (exact) mass is 307 g/mol. The van der Waals surface area contributed by atoms with Crippen LogP contribution in [0, 0.1) is 5.92 Å². The molecule has 2 heterocycles. The fraction of sp³-hybridized carbons (Fsp3) is 0.562. The lowest BCUT2D eigenvalue weighted by Crippen LogP contribution is -2.39. The second kappa shape index (κ2) is 6.54. The van der Waals surface area contributed by atoms with E-state index < -0.39 is 12.1 Å². The Morgan fingerprint density at radius 2 is 2.18 bits per heavy atom. The highest BCUT2D eigenvalue weighted by molar-refractivity contribution is 5.70. The Labute approximate surface area is 129 Å². The summed E-state index contributed by atoms with van der Waals surface area (Å²) < 4.78 is 10.6. The van der Waals surface area contributed by atoms with E-state index in [1.165, 1.54) is 0 Å². The fourth-order valence-corrected chi connectivity index (χ4v) is 3.05. The summed E-state index contributed by atoms with van der Waals surface area (Å²) in [7, 11) is 0. The van der Waals surface area contributed by atoms with Crippen LogP contribution in [-0.2, 0) is 4.79 Å². The van der Waals surface area contributed by atoms with Gasteiger partial charge < -0.3 is 24.6 Å². The molecule has 0 amide bonds. The first-order valence-corrected chi connectivity index (χ1v) is 7.66. The van der Waals surface area contributed by atoms with Crippen molar-refractivity contribution in [3.63, 3.8) is 0 Å². The van der Waals surface area contributed by atoms with Gasteiger partial charge in [-0.25, -0.2) is 0 Å². The van der Waals surface area contributed by atoms with Crippen LogP contribution in [0.25, 0.3) is 0 Å². The minimum Gasteiger partial charge on any atom is -0.481 e. The third-order valence-electron chi connectivity index (χ3n) is 4.35. The molecule has 3 rings (SSSR count). The number of ether oxygens (including phenoxy) is 2. The van der Waals surface area contributed by atoms with Crippen molar-refractivity contribution in [3.8, 4) is 11.5 Å². The van der Waals surface area contributed by atoms with Crippen LogP contribution < -0.4 is 9.47 Å². The molecule has 1 aromatic rings. The molecule has 2 aliphatic heterocycles.